The number of aryl methyl sites for hydroxylation is 2. The highest BCUT2D eigenvalue weighted by Crippen LogP contribution is 2.48. The van der Waals surface area contributed by atoms with Gasteiger partial charge in [0.15, 0.2) is 5.69 Å². The van der Waals surface area contributed by atoms with Crippen LogP contribution in [0, 0.1) is 13.8 Å². The molecule has 7 nitrogen and oxygen atoms in total. The Morgan fingerprint density at radius 1 is 1.18 bits per heavy atom. The van der Waals surface area contributed by atoms with Crippen molar-refractivity contribution in [1.82, 2.24) is 24.3 Å². The smallest absolute Gasteiger partial charge is 0.314 e. The number of aromatic nitrogens is 3. The van der Waals surface area contributed by atoms with Crippen LogP contribution in [-0.4, -0.2) is 49.4 Å². The fraction of sp³-hybridized carbons (Fsp3) is 0.423. The Balaban J connectivity index is 1.16. The van der Waals surface area contributed by atoms with Gasteiger partial charge >= 0.3 is 5.65 Å². The second kappa shape index (κ2) is 7.06. The van der Waals surface area contributed by atoms with Gasteiger partial charge in [-0.3, -0.25) is 9.69 Å². The van der Waals surface area contributed by atoms with Crippen LogP contribution in [-0.2, 0) is 26.7 Å². The molecule has 3 aromatic rings. The van der Waals surface area contributed by atoms with Crippen molar-refractivity contribution in [2.45, 2.75) is 52.4 Å². The van der Waals surface area contributed by atoms with E-state index in [0.29, 0.717) is 19.1 Å². The average Bonchev–Trinajstić information content (AvgIpc) is 3.13. The fourth-order valence-corrected chi connectivity index (χ4v) is 6.50. The summed E-state index contributed by atoms with van der Waals surface area (Å²) >= 11 is 6.52. The maximum Gasteiger partial charge on any atom is 0.314 e. The van der Waals surface area contributed by atoms with Gasteiger partial charge in [0.2, 0.25) is 0 Å². The van der Waals surface area contributed by atoms with Crippen molar-refractivity contribution in [2.75, 3.05) is 13.1 Å². The predicted molar refractivity (Wildman–Crippen MR) is 128 cm³/mol. The van der Waals surface area contributed by atoms with Gasteiger partial charge in [-0.1, -0.05) is 39.4 Å². The number of rotatable bonds is 3. The summed E-state index contributed by atoms with van der Waals surface area (Å²) in [5.41, 5.74) is 10.1. The first-order chi connectivity index (χ1) is 16.4. The largest absolute Gasteiger partial charge is 0.340 e. The Hall–Kier alpha value is -2.90. The normalized spacial score (nSPS) is 21.0. The van der Waals surface area contributed by atoms with Crippen LogP contribution in [0.4, 0.5) is 0 Å². The molecule has 7 rings (SSSR count). The van der Waals surface area contributed by atoms with Crippen molar-refractivity contribution in [3.63, 3.8) is 0 Å². The van der Waals surface area contributed by atoms with Crippen molar-refractivity contribution in [3.05, 3.63) is 74.5 Å². The van der Waals surface area contributed by atoms with E-state index < -0.39 is 0 Å². The molecule has 0 radical (unpaired) electrons. The molecule has 4 aliphatic rings. The Labute approximate surface area is 203 Å². The molecule has 8 heteroatoms. The van der Waals surface area contributed by atoms with Gasteiger partial charge < -0.3 is 9.80 Å². The van der Waals surface area contributed by atoms with E-state index in [1.165, 1.54) is 18.5 Å². The molecule has 0 spiro atoms. The number of halogens is 1. The Morgan fingerprint density at radius 3 is 2.82 bits per heavy atom. The van der Waals surface area contributed by atoms with E-state index in [2.05, 4.69) is 20.4 Å². The lowest BCUT2D eigenvalue weighted by molar-refractivity contribution is -0.655. The lowest BCUT2D eigenvalue weighted by Crippen LogP contribution is -2.42. The quantitative estimate of drug-likeness (QED) is 0.546. The van der Waals surface area contributed by atoms with Crippen LogP contribution in [0.25, 0.3) is 5.65 Å². The zero-order chi connectivity index (χ0) is 23.3. The molecule has 0 saturated carbocycles. The van der Waals surface area contributed by atoms with Crippen LogP contribution in [0.3, 0.4) is 0 Å². The molecule has 0 N–H and O–H groups in total. The van der Waals surface area contributed by atoms with Gasteiger partial charge in [-0.25, -0.2) is 4.57 Å². The summed E-state index contributed by atoms with van der Waals surface area (Å²) in [4.78, 5) is 20.7. The number of amides is 1. The third-order valence-electron chi connectivity index (χ3n) is 8.22. The standard InChI is InChI=1S/C26H28ClN6O/c1-15-24(27)16(2)33-25(29(15)3)20-12-31(13-21(20)28-33)26(34)19-7-5-4-6-17(19)10-30-11-18-8-9-22-23(14-30)32(18)22/h4-7,18H,8-14H2,1-3H3/q+1. The molecule has 2 saturated heterocycles. The minimum absolute atomic E-state index is 0.0883. The minimum atomic E-state index is 0.0883. The van der Waals surface area contributed by atoms with E-state index in [9.17, 15) is 4.79 Å². The van der Waals surface area contributed by atoms with Crippen LogP contribution in [0.5, 0.6) is 0 Å². The highest BCUT2D eigenvalue weighted by atomic mass is 35.5. The molecule has 2 fully saturated rings. The summed E-state index contributed by atoms with van der Waals surface area (Å²) in [6.45, 7) is 8.02. The molecule has 1 aromatic carbocycles. The maximum atomic E-state index is 13.7. The molecule has 34 heavy (non-hydrogen) atoms. The van der Waals surface area contributed by atoms with Crippen molar-refractivity contribution < 1.29 is 9.36 Å². The molecule has 0 aliphatic carbocycles. The molecular weight excluding hydrogens is 448 g/mol. The molecule has 1 atom stereocenters. The SMILES string of the molecule is Cc1c(Cl)c(C)[n+](C)c2c3c(nn12)CN(C(=O)c1ccccc1CN1CC2=C4CCC(C1)N42)C3. The van der Waals surface area contributed by atoms with E-state index in [1.54, 1.807) is 5.70 Å². The number of carbonyl (C=O) groups excluding carboxylic acids is 1. The van der Waals surface area contributed by atoms with E-state index in [-0.39, 0.29) is 5.91 Å². The van der Waals surface area contributed by atoms with Gasteiger partial charge in [0.1, 0.15) is 16.4 Å². The van der Waals surface area contributed by atoms with Crippen molar-refractivity contribution in [3.8, 4) is 0 Å². The third-order valence-corrected chi connectivity index (χ3v) is 8.77. The molecule has 1 amide bonds. The molecule has 1 unspecified atom stereocenters. The molecule has 6 heterocycles. The van der Waals surface area contributed by atoms with Crippen molar-refractivity contribution in [1.29, 1.82) is 0 Å². The predicted octanol–water partition coefficient (Wildman–Crippen LogP) is 3.09. The van der Waals surface area contributed by atoms with Crippen molar-refractivity contribution in [2.24, 2.45) is 7.05 Å². The second-order valence-corrected chi connectivity index (χ2v) is 10.5. The van der Waals surface area contributed by atoms with E-state index in [1.807, 2.05) is 48.5 Å². The number of piperazine rings is 1. The minimum Gasteiger partial charge on any atom is -0.340 e. The zero-order valence-corrected chi connectivity index (χ0v) is 20.6. The zero-order valence-electron chi connectivity index (χ0n) is 19.8. The van der Waals surface area contributed by atoms with E-state index in [4.69, 9.17) is 16.7 Å². The number of hydrogen-bond acceptors (Lipinski definition) is 4. The van der Waals surface area contributed by atoms with Gasteiger partial charge in [0.25, 0.3) is 5.91 Å². The number of hydrogen-bond donors (Lipinski definition) is 0. The van der Waals surface area contributed by atoms with Crippen LogP contribution < -0.4 is 4.57 Å². The summed E-state index contributed by atoms with van der Waals surface area (Å²) in [6.07, 6.45) is 2.52. The first-order valence-corrected chi connectivity index (χ1v) is 12.5. The number of benzene rings is 1. The van der Waals surface area contributed by atoms with Crippen LogP contribution in [0.15, 0.2) is 35.7 Å². The molecule has 174 valence electrons. The molecular formula is C26H28ClN6O+. The monoisotopic (exact) mass is 475 g/mol. The third kappa shape index (κ3) is 2.77. The first-order valence-electron chi connectivity index (χ1n) is 12.1. The van der Waals surface area contributed by atoms with Crippen molar-refractivity contribution >= 4 is 23.2 Å². The number of allylic oxidation sites excluding steroid dienone is 1. The highest BCUT2D eigenvalue weighted by molar-refractivity contribution is 6.31. The number of fused-ring (bicyclic) bond motifs is 3. The van der Waals surface area contributed by atoms with Gasteiger partial charge in [0.05, 0.1) is 31.4 Å². The van der Waals surface area contributed by atoms with Gasteiger partial charge in [-0.05, 0) is 31.4 Å². The second-order valence-electron chi connectivity index (χ2n) is 10.1. The summed E-state index contributed by atoms with van der Waals surface area (Å²) in [7, 11) is 2.01. The van der Waals surface area contributed by atoms with E-state index >= 15 is 0 Å². The maximum absolute atomic E-state index is 13.7. The number of carbonyl (C=O) groups is 1. The summed E-state index contributed by atoms with van der Waals surface area (Å²) in [5, 5.41) is 5.56. The summed E-state index contributed by atoms with van der Waals surface area (Å²) in [6, 6.07) is 8.77. The Kier molecular flexibility index (Phi) is 4.25. The van der Waals surface area contributed by atoms with Gasteiger partial charge in [0, 0.05) is 43.9 Å². The topological polar surface area (TPSA) is 47.7 Å². The lowest BCUT2D eigenvalue weighted by atomic mass is 10.0. The van der Waals surface area contributed by atoms with Gasteiger partial charge in [-0.2, -0.15) is 0 Å². The van der Waals surface area contributed by atoms with Crippen LogP contribution in [0.2, 0.25) is 5.02 Å². The first kappa shape index (κ1) is 20.5. The summed E-state index contributed by atoms with van der Waals surface area (Å²) < 4.78 is 4.01. The molecule has 4 aliphatic heterocycles. The Morgan fingerprint density at radius 2 is 2.00 bits per heavy atom. The van der Waals surface area contributed by atoms with Crippen LogP contribution in [0.1, 0.15) is 51.4 Å². The van der Waals surface area contributed by atoms with E-state index in [0.717, 1.165) is 64.1 Å². The molecule has 2 aromatic heterocycles. The summed E-state index contributed by atoms with van der Waals surface area (Å²) in [5.74, 6) is 0.0883. The average molecular weight is 476 g/mol. The van der Waals surface area contributed by atoms with Gasteiger partial charge in [-0.15, -0.1) is 0 Å². The fourth-order valence-electron chi connectivity index (χ4n) is 6.29. The molecule has 0 bridgehead atoms. The lowest BCUT2D eigenvalue weighted by Gasteiger charge is -2.32. The highest BCUT2D eigenvalue weighted by Gasteiger charge is 2.48. The number of nitrogens with zero attached hydrogens (tertiary/aromatic N) is 6. The van der Waals surface area contributed by atoms with Crippen LogP contribution >= 0.6 is 11.6 Å². The Bertz CT molecular complexity index is 1440.